The van der Waals surface area contributed by atoms with Crippen molar-refractivity contribution >= 4 is 40.8 Å². The molecule has 154 valence electrons. The third-order valence-electron chi connectivity index (χ3n) is 5.31. The maximum Gasteiger partial charge on any atom is -0.0119 e. The number of halogens is 1. The fourth-order valence-electron chi connectivity index (χ4n) is 3.79. The zero-order valence-corrected chi connectivity index (χ0v) is 20.2. The minimum atomic E-state index is -0.499. The molecule has 0 unspecified atom stereocenters. The van der Waals surface area contributed by atoms with Gasteiger partial charge in [-0.05, 0) is 42.2 Å². The van der Waals surface area contributed by atoms with Gasteiger partial charge >= 0.3 is 0 Å². The molecular formula is C27H34BrP. The molecule has 0 aliphatic heterocycles. The van der Waals surface area contributed by atoms with Gasteiger partial charge in [-0.25, -0.2) is 0 Å². The normalized spacial score (nSPS) is 10.7. The topological polar surface area (TPSA) is 0 Å². The van der Waals surface area contributed by atoms with Gasteiger partial charge in [0.25, 0.3) is 0 Å². The van der Waals surface area contributed by atoms with E-state index >= 15 is 0 Å². The molecule has 3 rings (SSSR count). The monoisotopic (exact) mass is 468 g/mol. The van der Waals surface area contributed by atoms with Crippen molar-refractivity contribution in [1.29, 1.82) is 0 Å². The van der Waals surface area contributed by atoms with Gasteiger partial charge in [-0.15, -0.1) is 17.0 Å². The van der Waals surface area contributed by atoms with E-state index in [0.29, 0.717) is 0 Å². The average molecular weight is 469 g/mol. The van der Waals surface area contributed by atoms with Gasteiger partial charge in [0.15, 0.2) is 0 Å². The maximum absolute atomic E-state index is 2.36. The van der Waals surface area contributed by atoms with Crippen molar-refractivity contribution in [2.45, 2.75) is 58.3 Å². The quantitative estimate of drug-likeness (QED) is 0.204. The van der Waals surface area contributed by atoms with Crippen LogP contribution in [0.3, 0.4) is 0 Å². The van der Waals surface area contributed by atoms with Crippen molar-refractivity contribution < 1.29 is 0 Å². The van der Waals surface area contributed by atoms with Crippen molar-refractivity contribution in [3.8, 4) is 0 Å². The van der Waals surface area contributed by atoms with E-state index in [4.69, 9.17) is 0 Å². The van der Waals surface area contributed by atoms with Crippen LogP contribution >= 0.6 is 24.9 Å². The molecule has 29 heavy (non-hydrogen) atoms. The Kier molecular flexibility index (Phi) is 11.3. The van der Waals surface area contributed by atoms with E-state index in [9.17, 15) is 0 Å². The third kappa shape index (κ3) is 7.40. The summed E-state index contributed by atoms with van der Waals surface area (Å²) in [5, 5.41) is 4.41. The summed E-state index contributed by atoms with van der Waals surface area (Å²) in [6.07, 6.45) is 10.8. The van der Waals surface area contributed by atoms with E-state index < -0.39 is 7.92 Å². The third-order valence-corrected chi connectivity index (χ3v) is 7.86. The Hall–Kier alpha value is -1.43. The van der Waals surface area contributed by atoms with Crippen LogP contribution in [0.25, 0.3) is 0 Å². The number of aryl methyl sites for hydroxylation is 1. The molecule has 0 radical (unpaired) electrons. The highest BCUT2D eigenvalue weighted by molar-refractivity contribution is 8.93. The van der Waals surface area contributed by atoms with Crippen LogP contribution < -0.4 is 15.9 Å². The second kappa shape index (κ2) is 13.7. The molecule has 3 aromatic rings. The lowest BCUT2D eigenvalue weighted by molar-refractivity contribution is 0.589. The predicted octanol–water partition coefficient (Wildman–Crippen LogP) is 7.32. The fourth-order valence-corrected chi connectivity index (χ4v) is 6.30. The van der Waals surface area contributed by atoms with Crippen LogP contribution in [0.5, 0.6) is 0 Å². The van der Waals surface area contributed by atoms with Crippen LogP contribution in [0.1, 0.15) is 57.4 Å². The van der Waals surface area contributed by atoms with E-state index in [1.165, 1.54) is 72.8 Å². The summed E-state index contributed by atoms with van der Waals surface area (Å²) in [6.45, 7) is 2.29. The van der Waals surface area contributed by atoms with Gasteiger partial charge in [-0.1, -0.05) is 130 Å². The Morgan fingerprint density at radius 1 is 0.552 bits per heavy atom. The van der Waals surface area contributed by atoms with Gasteiger partial charge in [0.2, 0.25) is 0 Å². The van der Waals surface area contributed by atoms with Crippen LogP contribution in [0, 0.1) is 0 Å². The summed E-state index contributed by atoms with van der Waals surface area (Å²) in [4.78, 5) is 0. The highest BCUT2D eigenvalue weighted by Gasteiger charge is 2.18. The summed E-state index contributed by atoms with van der Waals surface area (Å²) < 4.78 is 0. The van der Waals surface area contributed by atoms with Gasteiger partial charge in [-0.3, -0.25) is 0 Å². The fraction of sp³-hybridized carbons (Fsp3) is 0.333. The van der Waals surface area contributed by atoms with Gasteiger partial charge in [-0.2, -0.15) is 0 Å². The summed E-state index contributed by atoms with van der Waals surface area (Å²) >= 11 is 0. The molecule has 0 aliphatic carbocycles. The van der Waals surface area contributed by atoms with Gasteiger partial charge < -0.3 is 0 Å². The number of hydrogen-bond donors (Lipinski definition) is 0. The highest BCUT2D eigenvalue weighted by Crippen LogP contribution is 2.34. The second-order valence-electron chi connectivity index (χ2n) is 7.51. The zero-order valence-electron chi connectivity index (χ0n) is 17.6. The molecule has 0 fully saturated rings. The highest BCUT2D eigenvalue weighted by atomic mass is 79.9. The number of unbranched alkanes of at least 4 members (excludes halogenated alkanes) is 6. The van der Waals surface area contributed by atoms with Gasteiger partial charge in [0, 0.05) is 0 Å². The molecule has 0 saturated heterocycles. The van der Waals surface area contributed by atoms with Crippen molar-refractivity contribution in [3.05, 3.63) is 90.5 Å². The molecule has 0 aliphatic rings. The van der Waals surface area contributed by atoms with Crippen molar-refractivity contribution in [2.24, 2.45) is 0 Å². The largest absolute Gasteiger partial charge is 0.114 e. The molecule has 0 nitrogen and oxygen atoms in total. The zero-order chi connectivity index (χ0) is 19.4. The van der Waals surface area contributed by atoms with Crippen LogP contribution in [-0.2, 0) is 6.42 Å². The van der Waals surface area contributed by atoms with E-state index in [0.717, 1.165) is 0 Å². The second-order valence-corrected chi connectivity index (χ2v) is 9.69. The first kappa shape index (κ1) is 23.8. The SMILES string of the molecule is Br.CCCCCCCCCc1ccccc1P(c1ccccc1)c1ccccc1. The molecule has 0 heterocycles. The summed E-state index contributed by atoms with van der Waals surface area (Å²) in [7, 11) is -0.499. The van der Waals surface area contributed by atoms with Crippen LogP contribution in [-0.4, -0.2) is 0 Å². The Morgan fingerprint density at radius 3 is 1.62 bits per heavy atom. The molecule has 0 amide bonds. The van der Waals surface area contributed by atoms with Crippen molar-refractivity contribution in [2.75, 3.05) is 0 Å². The Labute approximate surface area is 189 Å². The first-order valence-corrected chi connectivity index (χ1v) is 12.2. The molecule has 3 aromatic carbocycles. The molecular weight excluding hydrogens is 435 g/mol. The van der Waals surface area contributed by atoms with Gasteiger partial charge in [0.1, 0.15) is 0 Å². The standard InChI is InChI=1S/C27H33P.BrH/c1-2-3-4-5-6-7-10-17-24-18-15-16-23-27(24)28(25-19-11-8-12-20-25)26-21-13-9-14-22-26;/h8-9,11-16,18-23H,2-7,10,17H2,1H3;1H. The summed E-state index contributed by atoms with van der Waals surface area (Å²) in [6, 6.07) is 31.3. The molecule has 0 N–H and O–H groups in total. The van der Waals surface area contributed by atoms with Crippen molar-refractivity contribution in [1.82, 2.24) is 0 Å². The Morgan fingerprint density at radius 2 is 1.03 bits per heavy atom. The average Bonchev–Trinajstić information content (AvgIpc) is 2.76. The van der Waals surface area contributed by atoms with E-state index in [1.54, 1.807) is 0 Å². The first-order valence-electron chi connectivity index (χ1n) is 10.9. The van der Waals surface area contributed by atoms with Crippen LogP contribution in [0.2, 0.25) is 0 Å². The lowest BCUT2D eigenvalue weighted by Crippen LogP contribution is -2.23. The predicted molar refractivity (Wildman–Crippen MR) is 137 cm³/mol. The molecule has 0 aromatic heterocycles. The number of benzene rings is 3. The minimum absolute atomic E-state index is 0. The Balaban J connectivity index is 0.00000300. The van der Waals surface area contributed by atoms with Crippen LogP contribution in [0.15, 0.2) is 84.9 Å². The van der Waals surface area contributed by atoms with Crippen LogP contribution in [0.4, 0.5) is 0 Å². The number of hydrogen-bond acceptors (Lipinski definition) is 0. The minimum Gasteiger partial charge on any atom is -0.114 e. The van der Waals surface area contributed by atoms with Crippen molar-refractivity contribution in [3.63, 3.8) is 0 Å². The smallest absolute Gasteiger partial charge is 0.0119 e. The first-order chi connectivity index (χ1) is 13.9. The lowest BCUT2D eigenvalue weighted by Gasteiger charge is -2.22. The Bertz CT molecular complexity index is 762. The van der Waals surface area contributed by atoms with E-state index in [-0.39, 0.29) is 17.0 Å². The molecule has 2 heteroatoms. The number of rotatable bonds is 11. The molecule has 0 bridgehead atoms. The van der Waals surface area contributed by atoms with E-state index in [2.05, 4.69) is 91.9 Å². The van der Waals surface area contributed by atoms with Gasteiger partial charge in [0.05, 0.1) is 0 Å². The maximum atomic E-state index is 2.36. The van der Waals surface area contributed by atoms with E-state index in [1.807, 2.05) is 0 Å². The molecule has 0 spiro atoms. The molecule has 0 atom stereocenters. The lowest BCUT2D eigenvalue weighted by atomic mass is 10.0. The summed E-state index contributed by atoms with van der Waals surface area (Å²) in [5.41, 5.74) is 1.54. The summed E-state index contributed by atoms with van der Waals surface area (Å²) in [5.74, 6) is 0. The molecule has 0 saturated carbocycles.